The Bertz CT molecular complexity index is 2000. The fourth-order valence-corrected chi connectivity index (χ4v) is 6.72. The Labute approximate surface area is 331 Å². The van der Waals surface area contributed by atoms with E-state index < -0.39 is 40.5 Å². The van der Waals surface area contributed by atoms with Gasteiger partial charge in [-0.15, -0.1) is 0 Å². The van der Waals surface area contributed by atoms with Crippen LogP contribution in [0.4, 0.5) is 5.69 Å². The Hall–Kier alpha value is -5.87. The number of ether oxygens (including phenoxy) is 3. The first-order valence-corrected chi connectivity index (χ1v) is 18.9. The zero-order chi connectivity index (χ0) is 41.5. The third kappa shape index (κ3) is 11.4. The summed E-state index contributed by atoms with van der Waals surface area (Å²) in [5.41, 5.74) is -0.851. The van der Waals surface area contributed by atoms with Crippen LogP contribution in [0.3, 0.4) is 0 Å². The number of hydrogen-bond donors (Lipinski definition) is 0. The second-order valence-corrected chi connectivity index (χ2v) is 13.7. The second kappa shape index (κ2) is 20.9. The van der Waals surface area contributed by atoms with Crippen LogP contribution in [-0.4, -0.2) is 119 Å². The zero-order valence-electron chi connectivity index (χ0n) is 32.9. The first-order valence-electron chi connectivity index (χ1n) is 18.9. The second-order valence-electron chi connectivity index (χ2n) is 13.7. The van der Waals surface area contributed by atoms with Gasteiger partial charge in [0.1, 0.15) is 19.8 Å². The first kappa shape index (κ1) is 43.9. The van der Waals surface area contributed by atoms with Gasteiger partial charge in [0.2, 0.25) is 0 Å². The van der Waals surface area contributed by atoms with Crippen molar-refractivity contribution in [2.45, 2.75) is 51.4 Å². The SMILES string of the molecule is C=CC(=O)OCCn1c(=O)n(CCOC(=O)C=C)c(=O)n(CCOC(=O)CCN2CCN(c3ccc(C(=O)C(CC)(Cc4ccccc4)N(C)C)cc3)CC2)c1=O. The largest absolute Gasteiger partial charge is 0.464 e. The molecule has 1 aliphatic heterocycles. The number of esters is 3. The maximum atomic E-state index is 14.0. The fraction of sp³-hybridized carbons (Fsp3) is 0.439. The maximum absolute atomic E-state index is 14.0. The number of hydrogen-bond acceptors (Lipinski definition) is 13. The molecule has 2 aromatic carbocycles. The Morgan fingerprint density at radius 1 is 0.702 bits per heavy atom. The number of nitrogens with zero attached hydrogens (tertiary/aromatic N) is 6. The molecule has 1 atom stereocenters. The van der Waals surface area contributed by atoms with Crippen molar-refractivity contribution < 1.29 is 33.4 Å². The summed E-state index contributed by atoms with van der Waals surface area (Å²) in [6, 6.07) is 17.8. The van der Waals surface area contributed by atoms with Crippen molar-refractivity contribution in [3.05, 3.63) is 122 Å². The van der Waals surface area contributed by atoms with E-state index in [2.05, 4.69) is 35.1 Å². The van der Waals surface area contributed by atoms with E-state index in [0.717, 1.165) is 41.1 Å². The van der Waals surface area contributed by atoms with Crippen LogP contribution < -0.4 is 22.0 Å². The molecule has 2 heterocycles. The van der Waals surface area contributed by atoms with Crippen molar-refractivity contribution >= 4 is 29.4 Å². The summed E-state index contributed by atoms with van der Waals surface area (Å²) in [5.74, 6) is -1.97. The molecule has 4 rings (SSSR count). The molecule has 16 heteroatoms. The minimum Gasteiger partial charge on any atom is -0.464 e. The molecule has 1 saturated heterocycles. The van der Waals surface area contributed by atoms with E-state index >= 15 is 0 Å². The van der Waals surface area contributed by atoms with E-state index in [1.807, 2.05) is 68.4 Å². The van der Waals surface area contributed by atoms with Crippen LogP contribution in [0.5, 0.6) is 0 Å². The van der Waals surface area contributed by atoms with Crippen molar-refractivity contribution in [1.82, 2.24) is 23.5 Å². The Kier molecular flexibility index (Phi) is 16.1. The highest BCUT2D eigenvalue weighted by molar-refractivity contribution is 6.03. The zero-order valence-corrected chi connectivity index (χ0v) is 32.9. The fourth-order valence-electron chi connectivity index (χ4n) is 6.72. The van der Waals surface area contributed by atoms with Crippen LogP contribution in [0.1, 0.15) is 35.7 Å². The number of aromatic nitrogens is 3. The summed E-state index contributed by atoms with van der Waals surface area (Å²) < 4.78 is 17.3. The number of carbonyl (C=O) groups is 4. The van der Waals surface area contributed by atoms with Gasteiger partial charge in [-0.25, -0.2) is 37.7 Å². The predicted octanol–water partition coefficient (Wildman–Crippen LogP) is 1.52. The van der Waals surface area contributed by atoms with E-state index in [0.29, 0.717) is 47.2 Å². The van der Waals surface area contributed by atoms with Crippen molar-refractivity contribution in [2.75, 3.05) is 71.5 Å². The van der Waals surface area contributed by atoms with Gasteiger partial charge in [0, 0.05) is 56.1 Å². The summed E-state index contributed by atoms with van der Waals surface area (Å²) >= 11 is 0. The van der Waals surface area contributed by atoms with Gasteiger partial charge in [0.05, 0.1) is 31.6 Å². The quantitative estimate of drug-likeness (QED) is 0.0660. The summed E-state index contributed by atoms with van der Waals surface area (Å²) in [6.07, 6.45) is 3.20. The van der Waals surface area contributed by atoms with Gasteiger partial charge >= 0.3 is 35.0 Å². The summed E-state index contributed by atoms with van der Waals surface area (Å²) in [5, 5.41) is 0. The van der Waals surface area contributed by atoms with Gasteiger partial charge in [-0.3, -0.25) is 19.4 Å². The van der Waals surface area contributed by atoms with Crippen LogP contribution >= 0.6 is 0 Å². The maximum Gasteiger partial charge on any atom is 0.336 e. The molecular formula is C41H52N6O10. The van der Waals surface area contributed by atoms with E-state index in [-0.39, 0.29) is 51.7 Å². The molecule has 16 nitrogen and oxygen atoms in total. The van der Waals surface area contributed by atoms with E-state index in [4.69, 9.17) is 14.2 Å². The summed E-state index contributed by atoms with van der Waals surface area (Å²) in [6.45, 7) is 9.78. The first-order chi connectivity index (χ1) is 27.3. The molecule has 1 unspecified atom stereocenters. The normalized spacial score (nSPS) is 14.1. The summed E-state index contributed by atoms with van der Waals surface area (Å²) in [4.78, 5) is 95.3. The van der Waals surface area contributed by atoms with Crippen molar-refractivity contribution in [3.63, 3.8) is 0 Å². The molecule has 0 saturated carbocycles. The van der Waals surface area contributed by atoms with Gasteiger partial charge in [-0.1, -0.05) is 50.4 Å². The Morgan fingerprint density at radius 3 is 1.65 bits per heavy atom. The molecular weight excluding hydrogens is 736 g/mol. The number of rotatable bonds is 21. The molecule has 57 heavy (non-hydrogen) atoms. The van der Waals surface area contributed by atoms with Crippen LogP contribution in [0, 0.1) is 0 Å². The number of Topliss-reactive ketones (excluding diaryl/α,β-unsaturated/α-hetero) is 1. The highest BCUT2D eigenvalue weighted by Gasteiger charge is 2.39. The highest BCUT2D eigenvalue weighted by atomic mass is 16.5. The van der Waals surface area contributed by atoms with E-state index in [9.17, 15) is 33.6 Å². The smallest absolute Gasteiger partial charge is 0.336 e. The van der Waals surface area contributed by atoms with Crippen molar-refractivity contribution in [2.24, 2.45) is 0 Å². The molecule has 0 amide bonds. The monoisotopic (exact) mass is 788 g/mol. The number of carbonyl (C=O) groups excluding carboxylic acids is 4. The molecule has 0 spiro atoms. The lowest BCUT2D eigenvalue weighted by Gasteiger charge is -2.38. The molecule has 0 radical (unpaired) electrons. The molecule has 0 bridgehead atoms. The predicted molar refractivity (Wildman–Crippen MR) is 213 cm³/mol. The average Bonchev–Trinajstić information content (AvgIpc) is 3.22. The molecule has 0 aliphatic carbocycles. The van der Waals surface area contributed by atoms with Crippen LogP contribution in [-0.2, 0) is 54.6 Å². The molecule has 3 aromatic rings. The number of piperazine rings is 1. The topological polar surface area (TPSA) is 172 Å². The Balaban J connectivity index is 1.29. The van der Waals surface area contributed by atoms with Gasteiger partial charge in [0.15, 0.2) is 5.78 Å². The number of benzene rings is 2. The van der Waals surface area contributed by atoms with Crippen molar-refractivity contribution in [1.29, 1.82) is 0 Å². The van der Waals surface area contributed by atoms with Crippen LogP contribution in [0.15, 0.2) is 94.3 Å². The summed E-state index contributed by atoms with van der Waals surface area (Å²) in [7, 11) is 3.91. The van der Waals surface area contributed by atoms with Crippen molar-refractivity contribution in [3.8, 4) is 0 Å². The lowest BCUT2D eigenvalue weighted by molar-refractivity contribution is -0.144. The molecule has 1 aromatic heterocycles. The third-order valence-electron chi connectivity index (χ3n) is 10.1. The van der Waals surface area contributed by atoms with E-state index in [1.54, 1.807) is 0 Å². The van der Waals surface area contributed by atoms with Crippen LogP contribution in [0.2, 0.25) is 0 Å². The lowest BCUT2D eigenvalue weighted by Crippen LogP contribution is -2.55. The molecule has 0 N–H and O–H groups in total. The molecule has 306 valence electrons. The highest BCUT2D eigenvalue weighted by Crippen LogP contribution is 2.29. The standard InChI is InChI=1S/C41H52N6O10/c1-6-34(48)55-27-24-45-38(52)46(25-28-56-35(49)7-2)40(54)47(39(45)53)26-29-57-36(50)18-19-43-20-22-44(23-21-43)33-16-14-32(15-17-33)37(51)41(8-3,42(4)5)30-31-12-10-9-11-13-31/h6-7,9-17H,1-2,8,18-30H2,3-5H3. The minimum absolute atomic E-state index is 0.0762. The lowest BCUT2D eigenvalue weighted by atomic mass is 9.80. The minimum atomic E-state index is -0.993. The van der Waals surface area contributed by atoms with Gasteiger partial charge in [-0.2, -0.15) is 0 Å². The average molecular weight is 789 g/mol. The number of likely N-dealkylation sites (N-methyl/N-ethyl adjacent to an activating group) is 1. The van der Waals surface area contributed by atoms with E-state index in [1.165, 1.54) is 0 Å². The molecule has 1 aliphatic rings. The van der Waals surface area contributed by atoms with Gasteiger partial charge in [0.25, 0.3) is 0 Å². The number of anilines is 1. The van der Waals surface area contributed by atoms with Crippen LogP contribution in [0.25, 0.3) is 0 Å². The van der Waals surface area contributed by atoms with Gasteiger partial charge < -0.3 is 19.1 Å². The number of ketones is 1. The third-order valence-corrected chi connectivity index (χ3v) is 10.1. The molecule has 1 fully saturated rings. The van der Waals surface area contributed by atoms with Gasteiger partial charge in [-0.05, 0) is 56.8 Å². The Morgan fingerprint density at radius 2 is 1.19 bits per heavy atom.